The maximum absolute atomic E-state index is 13.1. The van der Waals surface area contributed by atoms with Gasteiger partial charge in [-0.25, -0.2) is 4.79 Å². The molecular weight excluding hydrogens is 346 g/mol. The van der Waals surface area contributed by atoms with Crippen LogP contribution < -0.4 is 15.4 Å². The third-order valence-corrected chi connectivity index (χ3v) is 4.98. The quantitative estimate of drug-likeness (QED) is 0.816. The van der Waals surface area contributed by atoms with Crippen LogP contribution in [-0.2, 0) is 15.1 Å². The van der Waals surface area contributed by atoms with Gasteiger partial charge in [-0.05, 0) is 24.6 Å². The first-order chi connectivity index (χ1) is 13.0. The lowest BCUT2D eigenvalue weighted by Gasteiger charge is -2.33. The number of nitrogens with one attached hydrogen (secondary N) is 2. The fourth-order valence-corrected chi connectivity index (χ4v) is 3.56. The molecular formula is C20H19N3O4. The smallest absolute Gasteiger partial charge is 0.325 e. The Labute approximate surface area is 156 Å². The average molecular weight is 365 g/mol. The van der Waals surface area contributed by atoms with Crippen LogP contribution in [0, 0.1) is 6.92 Å². The minimum Gasteiger partial charge on any atom is -0.493 e. The van der Waals surface area contributed by atoms with Crippen molar-refractivity contribution >= 4 is 23.5 Å². The van der Waals surface area contributed by atoms with E-state index >= 15 is 0 Å². The molecule has 138 valence electrons. The van der Waals surface area contributed by atoms with E-state index < -0.39 is 23.4 Å². The second kappa shape index (κ2) is 6.42. The number of rotatable bonds is 3. The van der Waals surface area contributed by atoms with Gasteiger partial charge in [0.1, 0.15) is 12.3 Å². The zero-order valence-electron chi connectivity index (χ0n) is 14.8. The number of hydrogen-bond acceptors (Lipinski definition) is 4. The zero-order chi connectivity index (χ0) is 19.0. The molecule has 1 fully saturated rings. The molecule has 27 heavy (non-hydrogen) atoms. The zero-order valence-corrected chi connectivity index (χ0v) is 14.8. The van der Waals surface area contributed by atoms with E-state index in [1.165, 1.54) is 0 Å². The third-order valence-electron chi connectivity index (χ3n) is 4.98. The van der Waals surface area contributed by atoms with Gasteiger partial charge in [0.25, 0.3) is 5.91 Å². The molecule has 7 nitrogen and oxygen atoms in total. The highest BCUT2D eigenvalue weighted by Gasteiger charge is 2.55. The topological polar surface area (TPSA) is 87.7 Å². The minimum absolute atomic E-state index is 0.312. The van der Waals surface area contributed by atoms with Gasteiger partial charge in [0.2, 0.25) is 5.91 Å². The standard InChI is InChI=1S/C20H19N3O4/c1-13-6-2-4-8-15(13)21-17(24)12-23-18(25)20(22-19(23)26)10-11-27-16-9-5-3-7-14(16)20/h2-9H,10-12H2,1H3,(H,21,24)(H,22,26)/t20-/m0/s1. The molecule has 4 rings (SSSR count). The van der Waals surface area contributed by atoms with Crippen molar-refractivity contribution < 1.29 is 19.1 Å². The molecule has 1 saturated heterocycles. The molecule has 2 aliphatic rings. The number of hydrogen-bond donors (Lipinski definition) is 2. The highest BCUT2D eigenvalue weighted by molar-refractivity contribution is 6.10. The monoisotopic (exact) mass is 365 g/mol. The Morgan fingerprint density at radius 1 is 1.19 bits per heavy atom. The number of carbonyl (C=O) groups excluding carboxylic acids is 3. The molecule has 0 radical (unpaired) electrons. The van der Waals surface area contributed by atoms with E-state index in [0.29, 0.717) is 30.0 Å². The van der Waals surface area contributed by atoms with Crippen LogP contribution in [0.15, 0.2) is 48.5 Å². The second-order valence-corrected chi connectivity index (χ2v) is 6.68. The van der Waals surface area contributed by atoms with Gasteiger partial charge in [-0.1, -0.05) is 36.4 Å². The number of fused-ring (bicyclic) bond motifs is 2. The van der Waals surface area contributed by atoms with E-state index in [4.69, 9.17) is 4.74 Å². The lowest BCUT2D eigenvalue weighted by atomic mass is 9.84. The number of aryl methyl sites for hydroxylation is 1. The van der Waals surface area contributed by atoms with Crippen LogP contribution in [0.4, 0.5) is 10.5 Å². The molecule has 2 N–H and O–H groups in total. The summed E-state index contributed by atoms with van der Waals surface area (Å²) in [5.74, 6) is -0.281. The maximum Gasteiger partial charge on any atom is 0.325 e. The Morgan fingerprint density at radius 3 is 2.74 bits per heavy atom. The Balaban J connectivity index is 1.56. The number of imide groups is 1. The summed E-state index contributed by atoms with van der Waals surface area (Å²) in [5.41, 5.74) is 1.00. The van der Waals surface area contributed by atoms with Crippen LogP contribution in [0.2, 0.25) is 0 Å². The molecule has 0 unspecified atom stereocenters. The molecule has 4 amide bonds. The number of amides is 4. The third kappa shape index (κ3) is 2.81. The molecule has 2 aromatic rings. The van der Waals surface area contributed by atoms with E-state index in [-0.39, 0.29) is 6.54 Å². The Hall–Kier alpha value is -3.35. The predicted octanol–water partition coefficient (Wildman–Crippen LogP) is 2.16. The van der Waals surface area contributed by atoms with Gasteiger partial charge >= 0.3 is 6.03 Å². The summed E-state index contributed by atoms with van der Waals surface area (Å²) < 4.78 is 5.60. The first-order valence-electron chi connectivity index (χ1n) is 8.73. The van der Waals surface area contributed by atoms with Gasteiger partial charge in [-0.3, -0.25) is 14.5 Å². The minimum atomic E-state index is -1.17. The van der Waals surface area contributed by atoms with E-state index in [2.05, 4.69) is 10.6 Å². The van der Waals surface area contributed by atoms with E-state index in [0.717, 1.165) is 10.5 Å². The summed E-state index contributed by atoms with van der Waals surface area (Å²) in [7, 11) is 0. The summed E-state index contributed by atoms with van der Waals surface area (Å²) in [6.07, 6.45) is 0.324. The largest absolute Gasteiger partial charge is 0.493 e. The van der Waals surface area contributed by atoms with E-state index in [1.54, 1.807) is 24.3 Å². The molecule has 2 aromatic carbocycles. The molecule has 0 bridgehead atoms. The van der Waals surface area contributed by atoms with E-state index in [9.17, 15) is 14.4 Å². The fraction of sp³-hybridized carbons (Fsp3) is 0.250. The summed E-state index contributed by atoms with van der Waals surface area (Å²) in [6.45, 7) is 1.84. The molecule has 0 aromatic heterocycles. The van der Waals surface area contributed by atoms with Crippen molar-refractivity contribution in [2.45, 2.75) is 18.9 Å². The van der Waals surface area contributed by atoms with Crippen LogP contribution in [0.1, 0.15) is 17.5 Å². The average Bonchev–Trinajstić information content (AvgIpc) is 2.89. The maximum atomic E-state index is 13.1. The predicted molar refractivity (Wildman–Crippen MR) is 98.3 cm³/mol. The van der Waals surface area contributed by atoms with Crippen molar-refractivity contribution in [3.05, 3.63) is 59.7 Å². The first-order valence-corrected chi connectivity index (χ1v) is 8.73. The van der Waals surface area contributed by atoms with Gasteiger partial charge in [0.05, 0.1) is 6.61 Å². The van der Waals surface area contributed by atoms with E-state index in [1.807, 2.05) is 31.2 Å². The van der Waals surface area contributed by atoms with Crippen molar-refractivity contribution in [3.63, 3.8) is 0 Å². The first kappa shape index (κ1) is 17.1. The molecule has 0 aliphatic carbocycles. The SMILES string of the molecule is Cc1ccccc1NC(=O)CN1C(=O)N[C@]2(CCOc3ccccc32)C1=O. The summed E-state index contributed by atoms with van der Waals surface area (Å²) in [6, 6.07) is 13.9. The highest BCUT2D eigenvalue weighted by atomic mass is 16.5. The van der Waals surface area contributed by atoms with Gasteiger partial charge in [0.15, 0.2) is 5.54 Å². The number of urea groups is 1. The van der Waals surface area contributed by atoms with Gasteiger partial charge in [-0.15, -0.1) is 0 Å². The number of ether oxygens (including phenoxy) is 1. The lowest BCUT2D eigenvalue weighted by molar-refractivity contribution is -0.135. The van der Waals surface area contributed by atoms with Crippen molar-refractivity contribution in [2.75, 3.05) is 18.5 Å². The van der Waals surface area contributed by atoms with Crippen molar-refractivity contribution in [1.82, 2.24) is 10.2 Å². The number of carbonyl (C=O) groups is 3. The van der Waals surface area contributed by atoms with Crippen molar-refractivity contribution in [2.24, 2.45) is 0 Å². The summed E-state index contributed by atoms with van der Waals surface area (Å²) in [4.78, 5) is 39.0. The van der Waals surface area contributed by atoms with Gasteiger partial charge < -0.3 is 15.4 Å². The van der Waals surface area contributed by atoms with Crippen LogP contribution in [-0.4, -0.2) is 35.9 Å². The summed E-state index contributed by atoms with van der Waals surface area (Å²) in [5, 5.41) is 5.53. The molecule has 1 atom stereocenters. The Bertz CT molecular complexity index is 942. The lowest BCUT2D eigenvalue weighted by Crippen LogP contribution is -2.48. The molecule has 0 saturated carbocycles. The Kier molecular flexibility index (Phi) is 4.07. The molecule has 7 heteroatoms. The van der Waals surface area contributed by atoms with Gasteiger partial charge in [0, 0.05) is 17.7 Å². The number of anilines is 1. The molecule has 2 heterocycles. The fourth-order valence-electron chi connectivity index (χ4n) is 3.56. The Morgan fingerprint density at radius 2 is 1.93 bits per heavy atom. The van der Waals surface area contributed by atoms with Crippen LogP contribution in [0.5, 0.6) is 5.75 Å². The number of benzene rings is 2. The highest BCUT2D eigenvalue weighted by Crippen LogP contribution is 2.40. The molecule has 2 aliphatic heterocycles. The van der Waals surface area contributed by atoms with Crippen molar-refractivity contribution in [1.29, 1.82) is 0 Å². The van der Waals surface area contributed by atoms with Crippen LogP contribution in [0.3, 0.4) is 0 Å². The van der Waals surface area contributed by atoms with Crippen LogP contribution >= 0.6 is 0 Å². The molecule has 1 spiro atoms. The van der Waals surface area contributed by atoms with Crippen molar-refractivity contribution in [3.8, 4) is 5.75 Å². The normalized spacial score (nSPS) is 20.9. The number of nitrogens with zero attached hydrogens (tertiary/aromatic N) is 1. The van der Waals surface area contributed by atoms with Gasteiger partial charge in [-0.2, -0.15) is 0 Å². The summed E-state index contributed by atoms with van der Waals surface area (Å²) >= 11 is 0. The second-order valence-electron chi connectivity index (χ2n) is 6.68. The number of para-hydroxylation sites is 2. The van der Waals surface area contributed by atoms with Crippen LogP contribution in [0.25, 0.3) is 0 Å².